The summed E-state index contributed by atoms with van der Waals surface area (Å²) >= 11 is 6.01. The highest BCUT2D eigenvalue weighted by molar-refractivity contribution is 7.94. The van der Waals surface area contributed by atoms with Crippen LogP contribution in [0.25, 0.3) is 0 Å². The second-order valence-corrected chi connectivity index (χ2v) is 12.6. The number of hydrogen-bond acceptors (Lipinski definition) is 9. The van der Waals surface area contributed by atoms with Gasteiger partial charge in [-0.05, 0) is 54.7 Å². The highest BCUT2D eigenvalue weighted by Gasteiger charge is 2.45. The van der Waals surface area contributed by atoms with E-state index in [0.29, 0.717) is 16.1 Å². The number of hydrogen-bond donors (Lipinski definition) is 2. The van der Waals surface area contributed by atoms with E-state index in [9.17, 15) is 31.2 Å². The minimum absolute atomic E-state index is 0.00937. The number of nitrogens with one attached hydrogen (secondary N) is 2. The minimum atomic E-state index is -4.58. The summed E-state index contributed by atoms with van der Waals surface area (Å²) in [6, 6.07) is 13.2. The Bertz CT molecular complexity index is 1610. The Morgan fingerprint density at radius 3 is 2.34 bits per heavy atom. The van der Waals surface area contributed by atoms with Crippen molar-refractivity contribution in [2.75, 3.05) is 24.2 Å². The van der Waals surface area contributed by atoms with Crippen LogP contribution in [0.1, 0.15) is 53.0 Å². The number of Topliss-reactive ketones (excluding diaryl/α,β-unsaturated/α-hetero) is 1. The van der Waals surface area contributed by atoms with E-state index < -0.39 is 51.6 Å². The van der Waals surface area contributed by atoms with Crippen LogP contribution >= 0.6 is 11.6 Å². The fraction of sp³-hybridized carbons (Fsp3) is 0.345. The van der Waals surface area contributed by atoms with Crippen LogP contribution in [0.15, 0.2) is 60.5 Å². The first-order chi connectivity index (χ1) is 20.8. The average molecular weight is 652 g/mol. The molecule has 15 heteroatoms. The summed E-state index contributed by atoms with van der Waals surface area (Å²) in [6.07, 6.45) is -2.70. The SMILES string of the molecule is C=CS(=O)(=O)CC(=O)CCCNC(=O)c1ccc(Cc2nc(NC3(c4ccc(Cl)cc4)CC3)nc(OCC(F)(F)F)n2)cc1. The van der Waals surface area contributed by atoms with Gasteiger partial charge >= 0.3 is 12.2 Å². The number of alkyl halides is 3. The number of sulfone groups is 1. The lowest BCUT2D eigenvalue weighted by Crippen LogP contribution is -2.25. The molecule has 2 aromatic carbocycles. The Labute approximate surface area is 257 Å². The van der Waals surface area contributed by atoms with Crippen molar-refractivity contribution < 1.29 is 35.9 Å². The van der Waals surface area contributed by atoms with Crippen molar-refractivity contribution >= 4 is 39.1 Å². The number of rotatable bonds is 15. The third-order valence-corrected chi connectivity index (χ3v) is 8.12. The molecule has 0 atom stereocenters. The molecule has 1 aromatic heterocycles. The van der Waals surface area contributed by atoms with Gasteiger partial charge in [0, 0.05) is 35.4 Å². The Morgan fingerprint density at radius 2 is 1.73 bits per heavy atom. The normalized spacial score (nSPS) is 14.0. The van der Waals surface area contributed by atoms with Gasteiger partial charge in [0.25, 0.3) is 5.91 Å². The fourth-order valence-electron chi connectivity index (χ4n) is 4.24. The zero-order valence-electron chi connectivity index (χ0n) is 23.4. The van der Waals surface area contributed by atoms with Gasteiger partial charge in [-0.1, -0.05) is 42.4 Å². The van der Waals surface area contributed by atoms with Crippen molar-refractivity contribution in [2.45, 2.75) is 43.8 Å². The molecule has 0 bridgehead atoms. The molecule has 1 aliphatic rings. The van der Waals surface area contributed by atoms with E-state index in [1.807, 2.05) is 12.1 Å². The minimum Gasteiger partial charge on any atom is -0.454 e. The van der Waals surface area contributed by atoms with Crippen LogP contribution in [-0.2, 0) is 26.6 Å². The molecule has 1 saturated carbocycles. The molecule has 44 heavy (non-hydrogen) atoms. The molecule has 10 nitrogen and oxygen atoms in total. The Hall–Kier alpha value is -4.04. The van der Waals surface area contributed by atoms with Crippen molar-refractivity contribution in [3.05, 3.63) is 88.1 Å². The van der Waals surface area contributed by atoms with E-state index in [2.05, 4.69) is 32.2 Å². The number of amides is 1. The van der Waals surface area contributed by atoms with E-state index >= 15 is 0 Å². The van der Waals surface area contributed by atoms with Gasteiger partial charge in [0.15, 0.2) is 16.4 Å². The fourth-order valence-corrected chi connectivity index (χ4v) is 5.08. The van der Waals surface area contributed by atoms with Gasteiger partial charge in [-0.15, -0.1) is 0 Å². The number of anilines is 1. The Kier molecular flexibility index (Phi) is 10.3. The van der Waals surface area contributed by atoms with Gasteiger partial charge in [0.2, 0.25) is 5.95 Å². The van der Waals surface area contributed by atoms with Crippen molar-refractivity contribution in [3.63, 3.8) is 0 Å². The number of aromatic nitrogens is 3. The lowest BCUT2D eigenvalue weighted by Gasteiger charge is -2.19. The van der Waals surface area contributed by atoms with E-state index in [-0.39, 0.29) is 37.6 Å². The molecule has 0 aliphatic heterocycles. The number of nitrogens with zero attached hydrogens (tertiary/aromatic N) is 3. The quantitative estimate of drug-likeness (QED) is 0.222. The number of halogens is 4. The maximum atomic E-state index is 12.8. The zero-order valence-corrected chi connectivity index (χ0v) is 24.9. The molecule has 0 saturated heterocycles. The predicted octanol–water partition coefficient (Wildman–Crippen LogP) is 4.80. The molecule has 3 aromatic rings. The highest BCUT2D eigenvalue weighted by atomic mass is 35.5. The first-order valence-electron chi connectivity index (χ1n) is 13.5. The summed E-state index contributed by atoms with van der Waals surface area (Å²) in [5.74, 6) is -1.26. The maximum Gasteiger partial charge on any atom is 0.422 e. The summed E-state index contributed by atoms with van der Waals surface area (Å²) in [5.41, 5.74) is 1.45. The van der Waals surface area contributed by atoms with Crippen molar-refractivity contribution in [3.8, 4) is 6.01 Å². The van der Waals surface area contributed by atoms with Crippen molar-refractivity contribution in [2.24, 2.45) is 0 Å². The topological polar surface area (TPSA) is 140 Å². The summed E-state index contributed by atoms with van der Waals surface area (Å²) in [5, 5.41) is 7.20. The first kappa shape index (κ1) is 32.9. The van der Waals surface area contributed by atoms with Gasteiger partial charge < -0.3 is 15.4 Å². The summed E-state index contributed by atoms with van der Waals surface area (Å²) < 4.78 is 66.2. The molecule has 2 N–H and O–H groups in total. The second kappa shape index (κ2) is 13.7. The monoisotopic (exact) mass is 651 g/mol. The van der Waals surface area contributed by atoms with Crippen LogP contribution in [0.2, 0.25) is 5.02 Å². The van der Waals surface area contributed by atoms with Gasteiger partial charge in [0.1, 0.15) is 17.4 Å². The average Bonchev–Trinajstić information content (AvgIpc) is 3.74. The molecule has 1 aliphatic carbocycles. The van der Waals surface area contributed by atoms with Crippen LogP contribution in [0.3, 0.4) is 0 Å². The number of ketones is 1. The standard InChI is InChI=1S/C29H29ClF3N5O5S/c1-2-44(41,42)17-23(39)4-3-15-34-25(40)20-7-5-19(6-8-20)16-24-35-26(37-27(36-24)43-18-29(31,32)33)38-28(13-14-28)21-9-11-22(30)12-10-21/h2,5-12H,1,3-4,13-18H2,(H,34,40)(H,35,36,37,38). The Balaban J connectivity index is 1.40. The van der Waals surface area contributed by atoms with Crippen LogP contribution in [0, 0.1) is 0 Å². The number of carbonyl (C=O) groups is 2. The molecule has 234 valence electrons. The lowest BCUT2D eigenvalue weighted by atomic mass is 10.1. The van der Waals surface area contributed by atoms with Crippen LogP contribution in [0.4, 0.5) is 19.1 Å². The number of ether oxygens (including phenoxy) is 1. The zero-order chi connectivity index (χ0) is 32.0. The number of benzene rings is 2. The first-order valence-corrected chi connectivity index (χ1v) is 15.6. The third kappa shape index (κ3) is 9.74. The molecule has 0 unspecified atom stereocenters. The molecule has 1 heterocycles. The predicted molar refractivity (Wildman–Crippen MR) is 157 cm³/mol. The molecule has 1 amide bonds. The lowest BCUT2D eigenvalue weighted by molar-refractivity contribution is -0.154. The van der Waals surface area contributed by atoms with Gasteiger partial charge in [-0.25, -0.2) is 8.42 Å². The van der Waals surface area contributed by atoms with Crippen LogP contribution < -0.4 is 15.4 Å². The smallest absolute Gasteiger partial charge is 0.422 e. The van der Waals surface area contributed by atoms with Crippen molar-refractivity contribution in [1.82, 2.24) is 20.3 Å². The second-order valence-electron chi connectivity index (χ2n) is 10.2. The summed E-state index contributed by atoms with van der Waals surface area (Å²) in [7, 11) is -3.62. The largest absolute Gasteiger partial charge is 0.454 e. The summed E-state index contributed by atoms with van der Waals surface area (Å²) in [4.78, 5) is 36.8. The van der Waals surface area contributed by atoms with E-state index in [1.54, 1.807) is 36.4 Å². The molecular weight excluding hydrogens is 623 g/mol. The maximum absolute atomic E-state index is 12.8. The summed E-state index contributed by atoms with van der Waals surface area (Å²) in [6.45, 7) is 1.76. The number of carbonyl (C=O) groups excluding carboxylic acids is 2. The molecular formula is C29H29ClF3N5O5S. The van der Waals surface area contributed by atoms with Crippen molar-refractivity contribution in [1.29, 1.82) is 0 Å². The Morgan fingerprint density at radius 1 is 1.05 bits per heavy atom. The van der Waals surface area contributed by atoms with Gasteiger partial charge in [-0.2, -0.15) is 28.1 Å². The molecule has 1 fully saturated rings. The third-order valence-electron chi connectivity index (χ3n) is 6.64. The molecule has 0 spiro atoms. The van der Waals surface area contributed by atoms with Gasteiger partial charge in [-0.3, -0.25) is 9.59 Å². The van der Waals surface area contributed by atoms with Crippen LogP contribution in [0.5, 0.6) is 6.01 Å². The van der Waals surface area contributed by atoms with E-state index in [1.165, 1.54) is 0 Å². The van der Waals surface area contributed by atoms with Gasteiger partial charge in [0.05, 0.1) is 5.54 Å². The highest BCUT2D eigenvalue weighted by Crippen LogP contribution is 2.48. The van der Waals surface area contributed by atoms with E-state index in [0.717, 1.165) is 23.8 Å². The van der Waals surface area contributed by atoms with Crippen LogP contribution in [-0.4, -0.2) is 60.1 Å². The molecule has 0 radical (unpaired) electrons. The van der Waals surface area contributed by atoms with E-state index in [4.69, 9.17) is 16.3 Å². The molecule has 4 rings (SSSR count).